The zero-order chi connectivity index (χ0) is 22.9. The third-order valence-corrected chi connectivity index (χ3v) is 9.14. The minimum Gasteiger partial charge on any atom is -0.452 e. The van der Waals surface area contributed by atoms with Gasteiger partial charge in [-0.25, -0.2) is 23.2 Å². The maximum Gasteiger partial charge on any atom is 0.339 e. The van der Waals surface area contributed by atoms with E-state index in [1.807, 2.05) is 19.9 Å². The fourth-order valence-electron chi connectivity index (χ4n) is 3.44. The first-order valence-corrected chi connectivity index (χ1v) is 13.3. The topological polar surface area (TPSA) is 115 Å². The molecule has 1 aromatic carbocycles. The molecular weight excluding hydrogens is 470 g/mol. The number of esters is 1. The van der Waals surface area contributed by atoms with Gasteiger partial charge in [0.15, 0.2) is 16.4 Å². The Bertz CT molecular complexity index is 1300. The van der Waals surface area contributed by atoms with Gasteiger partial charge < -0.3 is 10.1 Å². The van der Waals surface area contributed by atoms with Crippen LogP contribution in [0.1, 0.15) is 27.2 Å². The molecule has 168 valence electrons. The monoisotopic (exact) mass is 491 g/mol. The van der Waals surface area contributed by atoms with Crippen molar-refractivity contribution in [3.63, 3.8) is 0 Å². The first-order valence-electron chi connectivity index (χ1n) is 9.88. The summed E-state index contributed by atoms with van der Waals surface area (Å²) in [5.41, 5.74) is 1.43. The minimum atomic E-state index is -3.10. The Morgan fingerprint density at radius 1 is 1.25 bits per heavy atom. The van der Waals surface area contributed by atoms with Gasteiger partial charge in [-0.15, -0.1) is 11.3 Å². The molecule has 1 atom stereocenters. The number of rotatable bonds is 6. The van der Waals surface area contributed by atoms with Crippen molar-refractivity contribution in [2.75, 3.05) is 18.1 Å². The lowest BCUT2D eigenvalue weighted by Crippen LogP contribution is -2.38. The van der Waals surface area contributed by atoms with Crippen molar-refractivity contribution in [3.8, 4) is 0 Å². The summed E-state index contributed by atoms with van der Waals surface area (Å²) in [4.78, 5) is 36.3. The second-order valence-corrected chi connectivity index (χ2v) is 11.9. The van der Waals surface area contributed by atoms with Gasteiger partial charge in [-0.05, 0) is 38.0 Å². The number of sulfone groups is 1. The second-order valence-electron chi connectivity index (χ2n) is 7.48. The van der Waals surface area contributed by atoms with E-state index in [-0.39, 0.29) is 11.5 Å². The SMILES string of the molecule is Cc1sc2ncnc(Sc3ccccc3C(=O)OCC(=O)NC3CCS(=O)(=O)C3)c2c1C. The van der Waals surface area contributed by atoms with Crippen molar-refractivity contribution in [1.29, 1.82) is 0 Å². The van der Waals surface area contributed by atoms with Gasteiger partial charge >= 0.3 is 5.97 Å². The van der Waals surface area contributed by atoms with Crippen LogP contribution in [-0.4, -0.2) is 54.4 Å². The number of hydrogen-bond acceptors (Lipinski definition) is 9. The number of carbonyl (C=O) groups is 2. The number of nitrogens with one attached hydrogen (secondary N) is 1. The Kier molecular flexibility index (Phi) is 6.50. The molecule has 11 heteroatoms. The third kappa shape index (κ3) is 4.94. The van der Waals surface area contributed by atoms with Crippen molar-refractivity contribution < 1.29 is 22.7 Å². The van der Waals surface area contributed by atoms with Crippen LogP contribution in [0.5, 0.6) is 0 Å². The number of benzene rings is 1. The van der Waals surface area contributed by atoms with Crippen molar-refractivity contribution in [3.05, 3.63) is 46.6 Å². The molecule has 1 aliphatic rings. The van der Waals surface area contributed by atoms with Crippen LogP contribution in [0.3, 0.4) is 0 Å². The number of aryl methyl sites for hydroxylation is 2. The molecule has 0 spiro atoms. The number of ether oxygens (including phenoxy) is 1. The van der Waals surface area contributed by atoms with Crippen molar-refractivity contribution in [2.24, 2.45) is 0 Å². The fraction of sp³-hybridized carbons (Fsp3) is 0.333. The van der Waals surface area contributed by atoms with E-state index < -0.39 is 34.4 Å². The normalized spacial score (nSPS) is 17.4. The van der Waals surface area contributed by atoms with Crippen molar-refractivity contribution >= 4 is 55.0 Å². The van der Waals surface area contributed by atoms with E-state index >= 15 is 0 Å². The molecule has 0 bridgehead atoms. The summed E-state index contributed by atoms with van der Waals surface area (Å²) >= 11 is 2.95. The molecule has 0 saturated carbocycles. The van der Waals surface area contributed by atoms with E-state index in [4.69, 9.17) is 4.74 Å². The highest BCUT2D eigenvalue weighted by atomic mass is 32.2. The van der Waals surface area contributed by atoms with Crippen molar-refractivity contribution in [1.82, 2.24) is 15.3 Å². The summed E-state index contributed by atoms with van der Waals surface area (Å²) < 4.78 is 28.2. The summed E-state index contributed by atoms with van der Waals surface area (Å²) in [7, 11) is -3.10. The molecule has 2 aromatic heterocycles. The molecule has 1 unspecified atom stereocenters. The summed E-state index contributed by atoms with van der Waals surface area (Å²) in [6, 6.07) is 6.53. The molecule has 1 saturated heterocycles. The molecule has 3 heterocycles. The zero-order valence-electron chi connectivity index (χ0n) is 17.5. The highest BCUT2D eigenvalue weighted by Gasteiger charge is 2.29. The van der Waals surface area contributed by atoms with Gasteiger partial charge in [-0.1, -0.05) is 23.9 Å². The number of hydrogen-bond donors (Lipinski definition) is 1. The molecule has 0 radical (unpaired) electrons. The number of aromatic nitrogens is 2. The summed E-state index contributed by atoms with van der Waals surface area (Å²) in [6.45, 7) is 3.58. The Morgan fingerprint density at radius 2 is 2.03 bits per heavy atom. The largest absolute Gasteiger partial charge is 0.452 e. The number of nitrogens with zero attached hydrogens (tertiary/aromatic N) is 2. The summed E-state index contributed by atoms with van der Waals surface area (Å²) in [6.07, 6.45) is 1.88. The van der Waals surface area contributed by atoms with Crippen LogP contribution >= 0.6 is 23.1 Å². The summed E-state index contributed by atoms with van der Waals surface area (Å²) in [5, 5.41) is 4.32. The Balaban J connectivity index is 1.46. The van der Waals surface area contributed by atoms with Gasteiger partial charge in [0, 0.05) is 21.2 Å². The Morgan fingerprint density at radius 3 is 2.78 bits per heavy atom. The number of carbonyl (C=O) groups excluding carboxylic acids is 2. The van der Waals surface area contributed by atoms with Crippen LogP contribution in [0.2, 0.25) is 0 Å². The maximum absolute atomic E-state index is 12.7. The highest BCUT2D eigenvalue weighted by molar-refractivity contribution is 7.99. The van der Waals surface area contributed by atoms with Crippen LogP contribution in [0, 0.1) is 13.8 Å². The first kappa shape index (κ1) is 22.7. The lowest BCUT2D eigenvalue weighted by Gasteiger charge is -2.12. The van der Waals surface area contributed by atoms with Crippen LogP contribution in [0.4, 0.5) is 0 Å². The van der Waals surface area contributed by atoms with E-state index in [1.54, 1.807) is 29.5 Å². The molecule has 1 fully saturated rings. The fourth-order valence-corrected chi connectivity index (χ4v) is 7.25. The third-order valence-electron chi connectivity index (χ3n) is 5.18. The van der Waals surface area contributed by atoms with E-state index in [9.17, 15) is 18.0 Å². The number of fused-ring (bicyclic) bond motifs is 1. The lowest BCUT2D eigenvalue weighted by molar-refractivity contribution is -0.124. The van der Waals surface area contributed by atoms with Gasteiger partial charge in [-0.3, -0.25) is 4.79 Å². The Hall–Kier alpha value is -2.50. The van der Waals surface area contributed by atoms with Gasteiger partial charge in [0.25, 0.3) is 5.91 Å². The maximum atomic E-state index is 12.7. The minimum absolute atomic E-state index is 0.0573. The van der Waals surface area contributed by atoms with E-state index in [1.165, 1.54) is 18.1 Å². The standard InChI is InChI=1S/C21H21N3O5S3/c1-12-13(2)30-19-18(12)20(23-11-22-19)31-16-6-4-3-5-15(16)21(26)29-9-17(25)24-14-7-8-32(27,28)10-14/h3-6,11,14H,7-10H2,1-2H3,(H,24,25). The smallest absolute Gasteiger partial charge is 0.339 e. The Labute approximate surface area is 193 Å². The van der Waals surface area contributed by atoms with Gasteiger partial charge in [0.2, 0.25) is 0 Å². The molecule has 3 aromatic rings. The zero-order valence-corrected chi connectivity index (χ0v) is 19.9. The van der Waals surface area contributed by atoms with Crippen LogP contribution in [-0.2, 0) is 19.4 Å². The van der Waals surface area contributed by atoms with Crippen LogP contribution in [0.15, 0.2) is 40.5 Å². The molecule has 1 amide bonds. The average molecular weight is 492 g/mol. The molecule has 1 aliphatic heterocycles. The van der Waals surface area contributed by atoms with Crippen LogP contribution < -0.4 is 5.32 Å². The quantitative estimate of drug-likeness (QED) is 0.413. The van der Waals surface area contributed by atoms with E-state index in [0.29, 0.717) is 16.9 Å². The molecule has 4 rings (SSSR count). The predicted molar refractivity (Wildman–Crippen MR) is 123 cm³/mol. The number of thiophene rings is 1. The highest BCUT2D eigenvalue weighted by Crippen LogP contribution is 2.38. The molecular formula is C21H21N3O5S3. The molecule has 32 heavy (non-hydrogen) atoms. The van der Waals surface area contributed by atoms with Gasteiger partial charge in [0.1, 0.15) is 16.2 Å². The second kappa shape index (κ2) is 9.16. The van der Waals surface area contributed by atoms with Gasteiger partial charge in [0.05, 0.1) is 17.1 Å². The molecule has 0 aliphatic carbocycles. The van der Waals surface area contributed by atoms with Gasteiger partial charge in [-0.2, -0.15) is 0 Å². The van der Waals surface area contributed by atoms with E-state index in [0.717, 1.165) is 25.7 Å². The lowest BCUT2D eigenvalue weighted by atomic mass is 10.2. The average Bonchev–Trinajstić information content (AvgIpc) is 3.24. The number of amides is 1. The first-order chi connectivity index (χ1) is 15.2. The van der Waals surface area contributed by atoms with E-state index in [2.05, 4.69) is 15.3 Å². The summed E-state index contributed by atoms with van der Waals surface area (Å²) in [5.74, 6) is -1.18. The van der Waals surface area contributed by atoms with Crippen molar-refractivity contribution in [2.45, 2.75) is 36.2 Å². The predicted octanol–water partition coefficient (Wildman–Crippen LogP) is 2.92. The molecule has 8 nitrogen and oxygen atoms in total. The van der Waals surface area contributed by atoms with Crippen LogP contribution in [0.25, 0.3) is 10.2 Å². The molecule has 1 N–H and O–H groups in total.